The highest BCUT2D eigenvalue weighted by atomic mass is 16.5. The quantitative estimate of drug-likeness (QED) is 0.563. The van der Waals surface area contributed by atoms with Crippen molar-refractivity contribution < 1.29 is 9.53 Å². The molecule has 1 aliphatic rings. The van der Waals surface area contributed by atoms with Crippen molar-refractivity contribution in [1.29, 1.82) is 0 Å². The molecule has 0 saturated heterocycles. The molecule has 0 bridgehead atoms. The summed E-state index contributed by atoms with van der Waals surface area (Å²) in [7, 11) is 1.70. The second-order valence-corrected chi connectivity index (χ2v) is 6.59. The normalized spacial score (nSPS) is 15.2. The maximum absolute atomic E-state index is 12.0. The molecule has 1 aliphatic carbocycles. The molecule has 24 heavy (non-hydrogen) atoms. The summed E-state index contributed by atoms with van der Waals surface area (Å²) in [5.74, 6) is 0.947. The summed E-state index contributed by atoms with van der Waals surface area (Å²) in [4.78, 5) is 12.0. The van der Waals surface area contributed by atoms with Gasteiger partial charge in [-0.05, 0) is 55.9 Å². The highest BCUT2D eigenvalue weighted by Crippen LogP contribution is 2.28. The first-order valence-corrected chi connectivity index (χ1v) is 9.19. The number of hydrogen-bond acceptors (Lipinski definition) is 3. The minimum absolute atomic E-state index is 0.0244. The third-order valence-corrected chi connectivity index (χ3v) is 4.61. The molecule has 132 valence electrons. The Balaban J connectivity index is 1.95. The molecule has 1 aromatic carbocycles. The standard InChI is InChI=1S/C20H30N2O2/c1-4-5-6-7-8-12-20(23)22-21-18-11-9-10-16-14-19(24-3)15(2)13-17(16)18/h13-14H,4-12H2,1-3H3,(H,22,23). The number of carbonyl (C=O) groups is 1. The van der Waals surface area contributed by atoms with Crippen LogP contribution < -0.4 is 10.2 Å². The molecule has 0 fully saturated rings. The van der Waals surface area contributed by atoms with Crippen molar-refractivity contribution in [2.24, 2.45) is 5.10 Å². The maximum atomic E-state index is 12.0. The maximum Gasteiger partial charge on any atom is 0.240 e. The van der Waals surface area contributed by atoms with Gasteiger partial charge in [-0.15, -0.1) is 0 Å². The van der Waals surface area contributed by atoms with Crippen molar-refractivity contribution in [2.75, 3.05) is 7.11 Å². The fourth-order valence-corrected chi connectivity index (χ4v) is 3.20. The van der Waals surface area contributed by atoms with Gasteiger partial charge in [0.05, 0.1) is 12.8 Å². The summed E-state index contributed by atoms with van der Waals surface area (Å²) < 4.78 is 5.41. The van der Waals surface area contributed by atoms with Crippen molar-refractivity contribution in [3.63, 3.8) is 0 Å². The lowest BCUT2D eigenvalue weighted by molar-refractivity contribution is -0.121. The van der Waals surface area contributed by atoms with Crippen LogP contribution in [0.25, 0.3) is 0 Å². The monoisotopic (exact) mass is 330 g/mol. The van der Waals surface area contributed by atoms with E-state index < -0.39 is 0 Å². The van der Waals surface area contributed by atoms with E-state index in [0.29, 0.717) is 6.42 Å². The number of hydrazone groups is 1. The van der Waals surface area contributed by atoms with Crippen LogP contribution in [0.2, 0.25) is 0 Å². The molecule has 4 heteroatoms. The highest BCUT2D eigenvalue weighted by Gasteiger charge is 2.18. The number of nitrogens with zero attached hydrogens (tertiary/aromatic N) is 1. The van der Waals surface area contributed by atoms with Gasteiger partial charge in [0.1, 0.15) is 5.75 Å². The van der Waals surface area contributed by atoms with Gasteiger partial charge < -0.3 is 4.74 Å². The van der Waals surface area contributed by atoms with E-state index in [0.717, 1.165) is 54.7 Å². The molecule has 0 aliphatic heterocycles. The van der Waals surface area contributed by atoms with Crippen molar-refractivity contribution in [1.82, 2.24) is 5.43 Å². The van der Waals surface area contributed by atoms with Crippen molar-refractivity contribution in [3.8, 4) is 5.75 Å². The topological polar surface area (TPSA) is 50.7 Å². The number of aryl methyl sites for hydroxylation is 2. The first-order chi connectivity index (χ1) is 11.7. The lowest BCUT2D eigenvalue weighted by atomic mass is 9.88. The summed E-state index contributed by atoms with van der Waals surface area (Å²) >= 11 is 0. The first kappa shape index (κ1) is 18.5. The molecule has 2 rings (SSSR count). The second kappa shape index (κ2) is 9.45. The minimum atomic E-state index is 0.0244. The van der Waals surface area contributed by atoms with Gasteiger partial charge in [0.15, 0.2) is 0 Å². The van der Waals surface area contributed by atoms with Gasteiger partial charge in [0, 0.05) is 12.0 Å². The van der Waals surface area contributed by atoms with E-state index >= 15 is 0 Å². The van der Waals surface area contributed by atoms with E-state index in [9.17, 15) is 4.79 Å². The first-order valence-electron chi connectivity index (χ1n) is 9.19. The largest absolute Gasteiger partial charge is 0.496 e. The number of unbranched alkanes of at least 4 members (excludes halogenated alkanes) is 4. The van der Waals surface area contributed by atoms with Crippen molar-refractivity contribution >= 4 is 11.6 Å². The third kappa shape index (κ3) is 5.08. The van der Waals surface area contributed by atoms with Crippen LogP contribution in [0.5, 0.6) is 5.75 Å². The van der Waals surface area contributed by atoms with E-state index in [2.05, 4.69) is 29.6 Å². The Labute approximate surface area is 145 Å². The molecule has 0 atom stereocenters. The number of benzene rings is 1. The van der Waals surface area contributed by atoms with Crippen LogP contribution in [0, 0.1) is 6.92 Å². The Morgan fingerprint density at radius 3 is 2.75 bits per heavy atom. The van der Waals surface area contributed by atoms with E-state index in [1.54, 1.807) is 7.11 Å². The third-order valence-electron chi connectivity index (χ3n) is 4.61. The number of methoxy groups -OCH3 is 1. The van der Waals surface area contributed by atoms with Gasteiger partial charge >= 0.3 is 0 Å². The Morgan fingerprint density at radius 2 is 2.00 bits per heavy atom. The molecule has 0 heterocycles. The number of hydrogen-bond donors (Lipinski definition) is 1. The summed E-state index contributed by atoms with van der Waals surface area (Å²) in [6.07, 6.45) is 9.34. The molecular formula is C20H30N2O2. The molecular weight excluding hydrogens is 300 g/mol. The number of carbonyl (C=O) groups excluding carboxylic acids is 1. The molecule has 0 spiro atoms. The predicted molar refractivity (Wildman–Crippen MR) is 98.7 cm³/mol. The van der Waals surface area contributed by atoms with Crippen LogP contribution in [0.3, 0.4) is 0 Å². The van der Waals surface area contributed by atoms with Crippen LogP contribution in [-0.2, 0) is 11.2 Å². The molecule has 0 aromatic heterocycles. The predicted octanol–water partition coefficient (Wildman–Crippen LogP) is 4.52. The molecule has 0 radical (unpaired) electrons. The lowest BCUT2D eigenvalue weighted by Crippen LogP contribution is -2.22. The average Bonchev–Trinajstić information content (AvgIpc) is 2.59. The SMILES string of the molecule is CCCCCCCC(=O)NN=C1CCCc2cc(OC)c(C)cc21. The fourth-order valence-electron chi connectivity index (χ4n) is 3.20. The number of amides is 1. The highest BCUT2D eigenvalue weighted by molar-refractivity contribution is 6.03. The van der Waals surface area contributed by atoms with E-state index in [1.807, 2.05) is 6.92 Å². The smallest absolute Gasteiger partial charge is 0.240 e. The second-order valence-electron chi connectivity index (χ2n) is 6.59. The summed E-state index contributed by atoms with van der Waals surface area (Å²) in [5, 5.41) is 4.41. The summed E-state index contributed by atoms with van der Waals surface area (Å²) in [6.45, 7) is 4.24. The number of rotatable bonds is 8. The lowest BCUT2D eigenvalue weighted by Gasteiger charge is -2.20. The molecule has 1 aromatic rings. The zero-order valence-corrected chi connectivity index (χ0v) is 15.3. The molecule has 4 nitrogen and oxygen atoms in total. The number of ether oxygens (including phenoxy) is 1. The Kier molecular flexibility index (Phi) is 7.29. The number of fused-ring (bicyclic) bond motifs is 1. The summed E-state index contributed by atoms with van der Waals surface area (Å²) in [5.41, 5.74) is 7.26. The van der Waals surface area contributed by atoms with E-state index in [-0.39, 0.29) is 5.91 Å². The van der Waals surface area contributed by atoms with Gasteiger partial charge in [-0.2, -0.15) is 5.10 Å². The van der Waals surface area contributed by atoms with Crippen LogP contribution in [-0.4, -0.2) is 18.7 Å². The zero-order valence-electron chi connectivity index (χ0n) is 15.3. The van der Waals surface area contributed by atoms with Crippen LogP contribution in [0.4, 0.5) is 0 Å². The van der Waals surface area contributed by atoms with Gasteiger partial charge in [0.25, 0.3) is 0 Å². The zero-order chi connectivity index (χ0) is 17.4. The van der Waals surface area contributed by atoms with Crippen molar-refractivity contribution in [3.05, 3.63) is 28.8 Å². The molecule has 1 amide bonds. The average molecular weight is 330 g/mol. The Bertz CT molecular complexity index is 594. The van der Waals surface area contributed by atoms with E-state index in [4.69, 9.17) is 4.74 Å². The van der Waals surface area contributed by atoms with Gasteiger partial charge in [-0.3, -0.25) is 4.79 Å². The van der Waals surface area contributed by atoms with Gasteiger partial charge in [-0.25, -0.2) is 5.43 Å². The van der Waals surface area contributed by atoms with Gasteiger partial charge in [0.2, 0.25) is 5.91 Å². The van der Waals surface area contributed by atoms with Crippen LogP contribution in [0.15, 0.2) is 17.2 Å². The van der Waals surface area contributed by atoms with Gasteiger partial charge in [-0.1, -0.05) is 32.6 Å². The number of nitrogens with one attached hydrogen (secondary N) is 1. The molecule has 0 unspecified atom stereocenters. The summed E-state index contributed by atoms with van der Waals surface area (Å²) in [6, 6.07) is 4.23. The van der Waals surface area contributed by atoms with Crippen molar-refractivity contribution in [2.45, 2.75) is 71.6 Å². The Morgan fingerprint density at radius 1 is 1.21 bits per heavy atom. The van der Waals surface area contributed by atoms with E-state index in [1.165, 1.54) is 24.8 Å². The fraction of sp³-hybridized carbons (Fsp3) is 0.600. The molecule has 0 saturated carbocycles. The molecule has 1 N–H and O–H groups in total. The van der Waals surface area contributed by atoms with Crippen LogP contribution in [0.1, 0.15) is 75.0 Å². The van der Waals surface area contributed by atoms with Crippen LogP contribution >= 0.6 is 0 Å². The minimum Gasteiger partial charge on any atom is -0.496 e. The Hall–Kier alpha value is -1.84.